The first-order valence-corrected chi connectivity index (χ1v) is 6.70. The van der Waals surface area contributed by atoms with Gasteiger partial charge in [0, 0.05) is 12.0 Å². The van der Waals surface area contributed by atoms with Crippen LogP contribution in [0.1, 0.15) is 16.8 Å². The van der Waals surface area contributed by atoms with Crippen molar-refractivity contribution in [1.29, 1.82) is 5.26 Å². The van der Waals surface area contributed by atoms with Gasteiger partial charge in [-0.3, -0.25) is 4.79 Å². The van der Waals surface area contributed by atoms with E-state index < -0.39 is 6.04 Å². The summed E-state index contributed by atoms with van der Waals surface area (Å²) in [5.41, 5.74) is 1.85. The first kappa shape index (κ1) is 13.1. The number of rotatable bonds is 3. The van der Waals surface area contributed by atoms with Crippen LogP contribution in [0.3, 0.4) is 0 Å². The van der Waals surface area contributed by atoms with E-state index >= 15 is 0 Å². The van der Waals surface area contributed by atoms with E-state index in [0.29, 0.717) is 17.7 Å². The topological polar surface area (TPSA) is 56.5 Å². The minimum atomic E-state index is -0.435. The van der Waals surface area contributed by atoms with Gasteiger partial charge in [0.25, 0.3) is 0 Å². The zero-order valence-corrected chi connectivity index (χ0v) is 11.3. The second-order valence-electron chi connectivity index (χ2n) is 4.77. The lowest BCUT2D eigenvalue weighted by molar-refractivity contribution is 0.106. The Morgan fingerprint density at radius 1 is 1.10 bits per heavy atom. The van der Waals surface area contributed by atoms with Gasteiger partial charge in [-0.15, -0.1) is 0 Å². The Morgan fingerprint density at radius 2 is 1.71 bits per heavy atom. The van der Waals surface area contributed by atoms with Crippen LogP contribution in [0.15, 0.2) is 65.8 Å². The van der Waals surface area contributed by atoms with Crippen molar-refractivity contribution in [2.45, 2.75) is 12.5 Å². The molecule has 0 aromatic heterocycles. The highest BCUT2D eigenvalue weighted by atomic mass is 16.1. The molecule has 0 aliphatic carbocycles. The highest BCUT2D eigenvalue weighted by Crippen LogP contribution is 2.25. The summed E-state index contributed by atoms with van der Waals surface area (Å²) in [5.74, 6) is -0.116. The van der Waals surface area contributed by atoms with Gasteiger partial charge in [0.15, 0.2) is 0 Å². The van der Waals surface area contributed by atoms with Gasteiger partial charge in [-0.25, -0.2) is 5.01 Å². The maximum Gasteiger partial charge on any atom is 0.209 e. The molecule has 2 aromatic rings. The first-order valence-electron chi connectivity index (χ1n) is 6.70. The molecule has 1 unspecified atom stereocenters. The maximum atomic E-state index is 12.4. The predicted octanol–water partition coefficient (Wildman–Crippen LogP) is 3.03. The van der Waals surface area contributed by atoms with Crippen LogP contribution in [0, 0.1) is 11.3 Å². The Morgan fingerprint density at radius 3 is 2.33 bits per heavy atom. The summed E-state index contributed by atoms with van der Waals surface area (Å²) in [4.78, 5) is 12.4. The van der Waals surface area contributed by atoms with Crippen LogP contribution in [0.4, 0.5) is 5.69 Å². The summed E-state index contributed by atoms with van der Waals surface area (Å²) >= 11 is 0. The van der Waals surface area contributed by atoms with E-state index in [4.69, 9.17) is 0 Å². The van der Waals surface area contributed by atoms with E-state index in [1.807, 2.05) is 48.5 Å². The van der Waals surface area contributed by atoms with Gasteiger partial charge < -0.3 is 0 Å². The van der Waals surface area contributed by atoms with Crippen LogP contribution in [0.25, 0.3) is 0 Å². The molecule has 1 aliphatic heterocycles. The largest absolute Gasteiger partial charge is 0.287 e. The Bertz CT molecular complexity index is 717. The molecule has 21 heavy (non-hydrogen) atoms. The summed E-state index contributed by atoms with van der Waals surface area (Å²) < 4.78 is 0. The van der Waals surface area contributed by atoms with E-state index in [-0.39, 0.29) is 5.78 Å². The lowest BCUT2D eigenvalue weighted by Gasteiger charge is -2.17. The fourth-order valence-electron chi connectivity index (χ4n) is 2.32. The first-order chi connectivity index (χ1) is 10.3. The minimum absolute atomic E-state index is 0.116. The molecule has 0 saturated heterocycles. The third-order valence-electron chi connectivity index (χ3n) is 3.38. The third-order valence-corrected chi connectivity index (χ3v) is 3.38. The van der Waals surface area contributed by atoms with E-state index in [2.05, 4.69) is 11.2 Å². The molecule has 0 bridgehead atoms. The number of ketones is 1. The van der Waals surface area contributed by atoms with Crippen molar-refractivity contribution in [2.75, 3.05) is 5.01 Å². The van der Waals surface area contributed by atoms with Gasteiger partial charge >= 0.3 is 0 Å². The van der Waals surface area contributed by atoms with Crippen LogP contribution in [-0.4, -0.2) is 17.5 Å². The van der Waals surface area contributed by atoms with Crippen molar-refractivity contribution in [2.24, 2.45) is 5.10 Å². The van der Waals surface area contributed by atoms with E-state index in [1.54, 1.807) is 17.1 Å². The predicted molar refractivity (Wildman–Crippen MR) is 81.1 cm³/mol. The summed E-state index contributed by atoms with van der Waals surface area (Å²) in [7, 11) is 0. The number of hydrogen-bond donors (Lipinski definition) is 0. The average molecular weight is 275 g/mol. The Kier molecular flexibility index (Phi) is 3.48. The highest BCUT2D eigenvalue weighted by molar-refractivity contribution is 6.46. The quantitative estimate of drug-likeness (QED) is 0.809. The van der Waals surface area contributed by atoms with Gasteiger partial charge in [-0.2, -0.15) is 10.4 Å². The normalized spacial score (nSPS) is 17.2. The van der Waals surface area contributed by atoms with Gasteiger partial charge in [0.2, 0.25) is 5.78 Å². The summed E-state index contributed by atoms with van der Waals surface area (Å²) in [6.45, 7) is 0. The number of nitrogens with zero attached hydrogens (tertiary/aromatic N) is 3. The van der Waals surface area contributed by atoms with Crippen molar-refractivity contribution >= 4 is 17.2 Å². The van der Waals surface area contributed by atoms with Crippen LogP contribution in [0.2, 0.25) is 0 Å². The number of para-hydroxylation sites is 1. The van der Waals surface area contributed by atoms with Gasteiger partial charge in [-0.05, 0) is 12.1 Å². The molecule has 4 heteroatoms. The van der Waals surface area contributed by atoms with Crippen LogP contribution < -0.4 is 5.01 Å². The van der Waals surface area contributed by atoms with E-state index in [0.717, 1.165) is 5.69 Å². The summed E-state index contributed by atoms with van der Waals surface area (Å²) in [6.07, 6.45) is 0.346. The molecular formula is C17H13N3O. The van der Waals surface area contributed by atoms with Crippen molar-refractivity contribution < 1.29 is 4.79 Å². The van der Waals surface area contributed by atoms with Crippen LogP contribution >= 0.6 is 0 Å². The molecule has 0 saturated carbocycles. The molecule has 0 N–H and O–H groups in total. The summed E-state index contributed by atoms with van der Waals surface area (Å²) in [6, 6.07) is 20.2. The molecule has 1 aliphatic rings. The Labute approximate surface area is 122 Å². The number of anilines is 1. The summed E-state index contributed by atoms with van der Waals surface area (Å²) in [5, 5.41) is 15.3. The molecule has 0 fully saturated rings. The molecule has 102 valence electrons. The standard InChI is InChI=1S/C17H13N3O/c18-12-15-11-16(17(21)13-7-3-1-4-8-13)19-20(15)14-9-5-2-6-10-14/h1-10,15H,11H2. The fraction of sp³-hybridized carbons (Fsp3) is 0.118. The van der Waals surface area contributed by atoms with Crippen molar-refractivity contribution in [3.05, 3.63) is 66.2 Å². The lowest BCUT2D eigenvalue weighted by Crippen LogP contribution is -2.24. The monoisotopic (exact) mass is 275 g/mol. The maximum absolute atomic E-state index is 12.4. The molecule has 3 rings (SSSR count). The third kappa shape index (κ3) is 2.54. The van der Waals surface area contributed by atoms with Gasteiger partial charge in [0.1, 0.15) is 11.8 Å². The number of Topliss-reactive ketones (excluding diaryl/α,β-unsaturated/α-hetero) is 1. The SMILES string of the molecule is N#CC1CC(C(=O)c2ccccc2)=NN1c1ccccc1. The van der Waals surface area contributed by atoms with Crippen LogP contribution in [0.5, 0.6) is 0 Å². The number of carbonyl (C=O) groups excluding carboxylic acids is 1. The molecule has 1 atom stereocenters. The average Bonchev–Trinajstić information content (AvgIpc) is 3.00. The Balaban J connectivity index is 1.91. The van der Waals surface area contributed by atoms with Crippen LogP contribution in [-0.2, 0) is 0 Å². The van der Waals surface area contributed by atoms with E-state index in [1.165, 1.54) is 0 Å². The number of benzene rings is 2. The number of carbonyl (C=O) groups is 1. The van der Waals surface area contributed by atoms with Gasteiger partial charge in [-0.1, -0.05) is 48.5 Å². The molecule has 2 aromatic carbocycles. The van der Waals surface area contributed by atoms with Gasteiger partial charge in [0.05, 0.1) is 11.8 Å². The molecule has 1 heterocycles. The number of hydrogen-bond acceptors (Lipinski definition) is 4. The molecule has 0 radical (unpaired) electrons. The zero-order chi connectivity index (χ0) is 14.7. The van der Waals surface area contributed by atoms with Crippen molar-refractivity contribution in [1.82, 2.24) is 0 Å². The Hall–Kier alpha value is -2.93. The number of nitriles is 1. The molecule has 4 nitrogen and oxygen atoms in total. The second-order valence-corrected chi connectivity index (χ2v) is 4.77. The van der Waals surface area contributed by atoms with Crippen molar-refractivity contribution in [3.8, 4) is 6.07 Å². The highest BCUT2D eigenvalue weighted by Gasteiger charge is 2.31. The lowest BCUT2D eigenvalue weighted by atomic mass is 10.0. The second kappa shape index (κ2) is 5.59. The molecule has 0 spiro atoms. The fourth-order valence-corrected chi connectivity index (χ4v) is 2.32. The molecular weight excluding hydrogens is 262 g/mol. The number of hydrazone groups is 1. The van der Waals surface area contributed by atoms with Crippen molar-refractivity contribution in [3.63, 3.8) is 0 Å². The smallest absolute Gasteiger partial charge is 0.209 e. The molecule has 0 amide bonds. The minimum Gasteiger partial charge on any atom is -0.287 e. The zero-order valence-electron chi connectivity index (χ0n) is 11.3. The van der Waals surface area contributed by atoms with E-state index in [9.17, 15) is 10.1 Å².